The van der Waals surface area contributed by atoms with E-state index in [1.807, 2.05) is 0 Å². The van der Waals surface area contributed by atoms with Gasteiger partial charge in [-0.3, -0.25) is 4.79 Å². The van der Waals surface area contributed by atoms with Gasteiger partial charge < -0.3 is 19.0 Å². The second-order valence-corrected chi connectivity index (χ2v) is 5.13. The third-order valence-electron chi connectivity index (χ3n) is 3.86. The van der Waals surface area contributed by atoms with Crippen LogP contribution >= 0.6 is 0 Å². The highest BCUT2D eigenvalue weighted by Crippen LogP contribution is 2.32. The van der Waals surface area contributed by atoms with Crippen LogP contribution in [0.5, 0.6) is 17.2 Å². The number of phenolic OH excluding ortho intramolecular Hbond substituents is 1. The number of aryl methyl sites for hydroxylation is 1. The third-order valence-corrected chi connectivity index (χ3v) is 3.86. The molecule has 0 bridgehead atoms. The van der Waals surface area contributed by atoms with Gasteiger partial charge in [0.05, 0.1) is 25.2 Å². The minimum atomic E-state index is -0.165. The fourth-order valence-electron chi connectivity index (χ4n) is 2.53. The van der Waals surface area contributed by atoms with Crippen molar-refractivity contribution in [1.82, 2.24) is 0 Å². The zero-order valence-corrected chi connectivity index (χ0v) is 13.0. The van der Waals surface area contributed by atoms with E-state index in [-0.39, 0.29) is 11.2 Å². The normalized spacial score (nSPS) is 10.7. The van der Waals surface area contributed by atoms with E-state index < -0.39 is 0 Å². The van der Waals surface area contributed by atoms with Gasteiger partial charge in [-0.1, -0.05) is 6.07 Å². The molecule has 0 aliphatic heterocycles. The highest BCUT2D eigenvalue weighted by Gasteiger charge is 2.14. The van der Waals surface area contributed by atoms with Gasteiger partial charge in [0.25, 0.3) is 0 Å². The van der Waals surface area contributed by atoms with E-state index >= 15 is 0 Å². The molecule has 0 saturated heterocycles. The lowest BCUT2D eigenvalue weighted by Gasteiger charge is -2.10. The minimum Gasteiger partial charge on any atom is -0.508 e. The summed E-state index contributed by atoms with van der Waals surface area (Å²) in [6.45, 7) is 1.71. The number of phenols is 1. The molecular weight excluding hydrogens is 296 g/mol. The Morgan fingerprint density at radius 1 is 1.04 bits per heavy atom. The lowest BCUT2D eigenvalue weighted by molar-refractivity contribution is 0.355. The highest BCUT2D eigenvalue weighted by atomic mass is 16.5. The van der Waals surface area contributed by atoms with Gasteiger partial charge in [0.15, 0.2) is 11.5 Å². The molecule has 118 valence electrons. The fourth-order valence-corrected chi connectivity index (χ4v) is 2.53. The smallest absolute Gasteiger partial charge is 0.200 e. The van der Waals surface area contributed by atoms with Gasteiger partial charge in [0.1, 0.15) is 17.6 Å². The molecule has 0 fully saturated rings. The quantitative estimate of drug-likeness (QED) is 0.801. The van der Waals surface area contributed by atoms with E-state index in [2.05, 4.69) is 0 Å². The molecular formula is C18H16O5. The van der Waals surface area contributed by atoms with E-state index in [1.165, 1.54) is 19.4 Å². The number of hydrogen-bond acceptors (Lipinski definition) is 5. The molecule has 5 nitrogen and oxygen atoms in total. The molecule has 1 aromatic heterocycles. The van der Waals surface area contributed by atoms with Crippen molar-refractivity contribution in [2.24, 2.45) is 0 Å². The Morgan fingerprint density at radius 2 is 1.78 bits per heavy atom. The SMILES string of the molecule is COc1ccc(-c2coc3c(C)c(O)ccc3c2=O)cc1OC. The number of ether oxygens (including phenoxy) is 2. The lowest BCUT2D eigenvalue weighted by atomic mass is 10.0. The molecule has 0 atom stereocenters. The topological polar surface area (TPSA) is 68.9 Å². The molecule has 0 aliphatic rings. The first-order valence-corrected chi connectivity index (χ1v) is 7.03. The van der Waals surface area contributed by atoms with Gasteiger partial charge in [-0.15, -0.1) is 0 Å². The summed E-state index contributed by atoms with van der Waals surface area (Å²) >= 11 is 0. The Balaban J connectivity index is 2.24. The van der Waals surface area contributed by atoms with E-state index in [9.17, 15) is 9.90 Å². The summed E-state index contributed by atoms with van der Waals surface area (Å²) in [4.78, 5) is 12.7. The van der Waals surface area contributed by atoms with Crippen LogP contribution in [-0.4, -0.2) is 19.3 Å². The Bertz CT molecular complexity index is 940. The average Bonchev–Trinajstić information content (AvgIpc) is 2.58. The zero-order chi connectivity index (χ0) is 16.6. The second-order valence-electron chi connectivity index (χ2n) is 5.13. The van der Waals surface area contributed by atoms with E-state index in [1.54, 1.807) is 38.3 Å². The number of aromatic hydroxyl groups is 1. The molecule has 1 N–H and O–H groups in total. The van der Waals surface area contributed by atoms with Crippen LogP contribution in [0.3, 0.4) is 0 Å². The van der Waals surface area contributed by atoms with Gasteiger partial charge in [-0.05, 0) is 36.8 Å². The maximum absolute atomic E-state index is 12.7. The summed E-state index contributed by atoms with van der Waals surface area (Å²) in [5, 5.41) is 10.2. The molecule has 1 heterocycles. The summed E-state index contributed by atoms with van der Waals surface area (Å²) in [7, 11) is 3.09. The maximum Gasteiger partial charge on any atom is 0.200 e. The van der Waals surface area contributed by atoms with Crippen molar-refractivity contribution >= 4 is 11.0 Å². The molecule has 23 heavy (non-hydrogen) atoms. The van der Waals surface area contributed by atoms with Crippen molar-refractivity contribution in [3.8, 4) is 28.4 Å². The average molecular weight is 312 g/mol. The molecule has 0 amide bonds. The van der Waals surface area contributed by atoms with Crippen LogP contribution in [0.4, 0.5) is 0 Å². The summed E-state index contributed by atoms with van der Waals surface area (Å²) in [5.41, 5.74) is 1.85. The standard InChI is InChI=1S/C18H16O5/c1-10-14(19)6-5-12-17(20)13(9-23-18(10)12)11-4-7-15(21-2)16(8-11)22-3/h4-9,19H,1-3H3. The van der Waals surface area contributed by atoms with Crippen LogP contribution in [0.1, 0.15) is 5.56 Å². The van der Waals surface area contributed by atoms with Crippen LogP contribution < -0.4 is 14.9 Å². The Hall–Kier alpha value is -2.95. The van der Waals surface area contributed by atoms with E-state index in [4.69, 9.17) is 13.9 Å². The highest BCUT2D eigenvalue weighted by molar-refractivity contribution is 5.85. The largest absolute Gasteiger partial charge is 0.508 e. The van der Waals surface area contributed by atoms with Crippen molar-refractivity contribution in [1.29, 1.82) is 0 Å². The minimum absolute atomic E-state index is 0.0968. The van der Waals surface area contributed by atoms with Crippen LogP contribution in [-0.2, 0) is 0 Å². The number of benzene rings is 2. The second kappa shape index (κ2) is 5.68. The molecule has 3 rings (SSSR count). The first-order chi connectivity index (χ1) is 11.1. The van der Waals surface area contributed by atoms with Crippen molar-refractivity contribution in [3.63, 3.8) is 0 Å². The molecule has 0 unspecified atom stereocenters. The number of hydrogen-bond donors (Lipinski definition) is 1. The Labute approximate surface area is 132 Å². The first kappa shape index (κ1) is 15.0. The summed E-state index contributed by atoms with van der Waals surface area (Å²) in [5.74, 6) is 1.22. The summed E-state index contributed by atoms with van der Waals surface area (Å²) < 4.78 is 16.1. The van der Waals surface area contributed by atoms with Crippen molar-refractivity contribution in [2.45, 2.75) is 6.92 Å². The Kier molecular flexibility index (Phi) is 3.70. The molecule has 0 radical (unpaired) electrons. The van der Waals surface area contributed by atoms with Crippen LogP contribution in [0.2, 0.25) is 0 Å². The number of methoxy groups -OCH3 is 2. The van der Waals surface area contributed by atoms with Gasteiger partial charge >= 0.3 is 0 Å². The monoisotopic (exact) mass is 312 g/mol. The number of fused-ring (bicyclic) bond motifs is 1. The predicted molar refractivity (Wildman–Crippen MR) is 87.4 cm³/mol. The van der Waals surface area contributed by atoms with Crippen molar-refractivity contribution < 1.29 is 19.0 Å². The molecule has 0 saturated carbocycles. The summed E-state index contributed by atoms with van der Waals surface area (Å²) in [6, 6.07) is 8.29. The zero-order valence-electron chi connectivity index (χ0n) is 13.0. The van der Waals surface area contributed by atoms with Crippen LogP contribution in [0.25, 0.3) is 22.1 Å². The van der Waals surface area contributed by atoms with Gasteiger partial charge in [0, 0.05) is 5.56 Å². The van der Waals surface area contributed by atoms with Crippen LogP contribution in [0.15, 0.2) is 45.8 Å². The van der Waals surface area contributed by atoms with Crippen LogP contribution in [0, 0.1) is 6.92 Å². The van der Waals surface area contributed by atoms with E-state index in [0.717, 1.165) is 0 Å². The third kappa shape index (κ3) is 2.40. The summed E-state index contributed by atoms with van der Waals surface area (Å²) in [6.07, 6.45) is 1.40. The fraction of sp³-hybridized carbons (Fsp3) is 0.167. The number of rotatable bonds is 3. The van der Waals surface area contributed by atoms with Crippen molar-refractivity contribution in [2.75, 3.05) is 14.2 Å². The van der Waals surface area contributed by atoms with E-state index in [0.29, 0.717) is 39.2 Å². The lowest BCUT2D eigenvalue weighted by Crippen LogP contribution is -2.05. The first-order valence-electron chi connectivity index (χ1n) is 7.03. The molecule has 0 aliphatic carbocycles. The molecule has 0 spiro atoms. The molecule has 2 aromatic carbocycles. The predicted octanol–water partition coefficient (Wildman–Crippen LogP) is 3.49. The van der Waals surface area contributed by atoms with Gasteiger partial charge in [0.2, 0.25) is 5.43 Å². The van der Waals surface area contributed by atoms with Crippen molar-refractivity contribution in [3.05, 3.63) is 52.4 Å². The van der Waals surface area contributed by atoms with Gasteiger partial charge in [-0.2, -0.15) is 0 Å². The maximum atomic E-state index is 12.7. The molecule has 5 heteroatoms. The van der Waals surface area contributed by atoms with Gasteiger partial charge in [-0.25, -0.2) is 0 Å². The Morgan fingerprint density at radius 3 is 2.48 bits per heavy atom. The molecule has 3 aromatic rings.